The van der Waals surface area contributed by atoms with Crippen LogP contribution < -0.4 is 0 Å². The fraction of sp³-hybridized carbons (Fsp3) is 0.636. The van der Waals surface area contributed by atoms with Gasteiger partial charge >= 0.3 is 0 Å². The van der Waals surface area contributed by atoms with Crippen LogP contribution >= 0.6 is 11.6 Å². The molecule has 1 fully saturated rings. The lowest BCUT2D eigenvalue weighted by atomic mass is 10.0. The Kier molecular flexibility index (Phi) is 3.71. The van der Waals surface area contributed by atoms with E-state index >= 15 is 0 Å². The van der Waals surface area contributed by atoms with Crippen molar-refractivity contribution >= 4 is 11.6 Å². The van der Waals surface area contributed by atoms with Crippen molar-refractivity contribution in [2.24, 2.45) is 0 Å². The fourth-order valence-corrected chi connectivity index (χ4v) is 2.10. The molecule has 0 bridgehead atoms. The van der Waals surface area contributed by atoms with Crippen LogP contribution in [0.1, 0.15) is 31.4 Å². The summed E-state index contributed by atoms with van der Waals surface area (Å²) < 4.78 is 13.0. The van der Waals surface area contributed by atoms with Gasteiger partial charge in [-0.1, -0.05) is 0 Å². The van der Waals surface area contributed by atoms with Crippen LogP contribution in [-0.2, 0) is 0 Å². The summed E-state index contributed by atoms with van der Waals surface area (Å²) in [7, 11) is 0. The molecule has 3 nitrogen and oxygen atoms in total. The Morgan fingerprint density at radius 3 is 2.50 bits per heavy atom. The standard InChI is InChI=1S/C11H15ClFN3/c1-8(9-6-14-11(12)15-7-9)16-4-2-10(13)3-5-16/h6-8,10H,2-5H2,1H3. The lowest BCUT2D eigenvalue weighted by Gasteiger charge is -2.33. The number of rotatable bonds is 2. The lowest BCUT2D eigenvalue weighted by Crippen LogP contribution is -2.36. The van der Waals surface area contributed by atoms with Gasteiger partial charge in [0.15, 0.2) is 0 Å². The van der Waals surface area contributed by atoms with Gasteiger partial charge in [-0.25, -0.2) is 14.4 Å². The molecule has 0 aliphatic carbocycles. The Balaban J connectivity index is 2.01. The predicted octanol–water partition coefficient (Wildman–Crippen LogP) is 2.62. The van der Waals surface area contributed by atoms with Gasteiger partial charge in [-0.3, -0.25) is 4.90 Å². The molecule has 0 aromatic carbocycles. The van der Waals surface area contributed by atoms with E-state index in [1.165, 1.54) is 0 Å². The smallest absolute Gasteiger partial charge is 0.222 e. The molecule has 2 rings (SSSR count). The lowest BCUT2D eigenvalue weighted by molar-refractivity contribution is 0.118. The van der Waals surface area contributed by atoms with Gasteiger partial charge in [-0.15, -0.1) is 0 Å². The summed E-state index contributed by atoms with van der Waals surface area (Å²) in [5.41, 5.74) is 1.03. The van der Waals surface area contributed by atoms with Gasteiger partial charge in [0.25, 0.3) is 0 Å². The number of alkyl halides is 1. The molecule has 1 aliphatic rings. The Hall–Kier alpha value is -0.740. The largest absolute Gasteiger partial charge is 0.296 e. The van der Waals surface area contributed by atoms with E-state index in [2.05, 4.69) is 21.8 Å². The number of piperidine rings is 1. The maximum atomic E-state index is 13.0. The second-order valence-corrected chi connectivity index (χ2v) is 4.51. The Bertz CT molecular complexity index is 336. The number of halogens is 2. The summed E-state index contributed by atoms with van der Waals surface area (Å²) in [6.45, 7) is 3.68. The van der Waals surface area contributed by atoms with E-state index in [0.29, 0.717) is 12.8 Å². The molecule has 0 amide bonds. The van der Waals surface area contributed by atoms with Crippen molar-refractivity contribution in [2.75, 3.05) is 13.1 Å². The molecule has 1 aromatic heterocycles. The van der Waals surface area contributed by atoms with Crippen molar-refractivity contribution in [3.05, 3.63) is 23.2 Å². The minimum absolute atomic E-state index is 0.227. The second-order valence-electron chi connectivity index (χ2n) is 4.17. The van der Waals surface area contributed by atoms with Crippen molar-refractivity contribution in [1.29, 1.82) is 0 Å². The first-order valence-corrected chi connectivity index (χ1v) is 5.90. The van der Waals surface area contributed by atoms with Gasteiger partial charge in [0.1, 0.15) is 6.17 Å². The van der Waals surface area contributed by atoms with E-state index in [-0.39, 0.29) is 11.3 Å². The molecule has 2 heterocycles. The quantitative estimate of drug-likeness (QED) is 0.748. The molecule has 1 unspecified atom stereocenters. The highest BCUT2D eigenvalue weighted by Crippen LogP contribution is 2.24. The molecule has 16 heavy (non-hydrogen) atoms. The molecule has 1 saturated heterocycles. The summed E-state index contributed by atoms with van der Waals surface area (Å²) in [5.74, 6) is 0. The maximum Gasteiger partial charge on any atom is 0.222 e. The average molecular weight is 244 g/mol. The van der Waals surface area contributed by atoms with Gasteiger partial charge in [-0.05, 0) is 31.4 Å². The number of aromatic nitrogens is 2. The Morgan fingerprint density at radius 1 is 1.38 bits per heavy atom. The highest BCUT2D eigenvalue weighted by Gasteiger charge is 2.23. The van der Waals surface area contributed by atoms with Crippen LogP contribution in [0.5, 0.6) is 0 Å². The maximum absolute atomic E-state index is 13.0. The summed E-state index contributed by atoms with van der Waals surface area (Å²) in [5, 5.41) is 0.262. The third-order valence-electron chi connectivity index (χ3n) is 3.13. The second kappa shape index (κ2) is 5.06. The van der Waals surface area contributed by atoms with Crippen molar-refractivity contribution in [3.63, 3.8) is 0 Å². The molecular formula is C11H15ClFN3. The van der Waals surface area contributed by atoms with Gasteiger partial charge in [0.2, 0.25) is 5.28 Å². The van der Waals surface area contributed by atoms with E-state index in [1.54, 1.807) is 12.4 Å². The van der Waals surface area contributed by atoms with Crippen LogP contribution in [-0.4, -0.2) is 34.1 Å². The van der Waals surface area contributed by atoms with E-state index in [4.69, 9.17) is 11.6 Å². The van der Waals surface area contributed by atoms with Crippen LogP contribution in [0.15, 0.2) is 12.4 Å². The molecule has 0 radical (unpaired) electrons. The molecule has 0 N–H and O–H groups in total. The highest BCUT2D eigenvalue weighted by atomic mass is 35.5. The fourth-order valence-electron chi connectivity index (χ4n) is 2.00. The minimum atomic E-state index is -0.634. The zero-order valence-corrected chi connectivity index (χ0v) is 9.99. The van der Waals surface area contributed by atoms with Gasteiger partial charge in [0.05, 0.1) is 0 Å². The molecule has 1 aliphatic heterocycles. The summed E-state index contributed by atoms with van der Waals surface area (Å²) >= 11 is 5.64. The zero-order chi connectivity index (χ0) is 11.5. The summed E-state index contributed by atoms with van der Waals surface area (Å²) in [4.78, 5) is 10.2. The zero-order valence-electron chi connectivity index (χ0n) is 9.24. The minimum Gasteiger partial charge on any atom is -0.296 e. The third-order valence-corrected chi connectivity index (χ3v) is 3.32. The van der Waals surface area contributed by atoms with E-state index < -0.39 is 6.17 Å². The number of likely N-dealkylation sites (tertiary alicyclic amines) is 1. The average Bonchev–Trinajstić information content (AvgIpc) is 2.30. The Labute approximate surface area is 99.6 Å². The summed E-state index contributed by atoms with van der Waals surface area (Å²) in [6.07, 6.45) is 4.09. The highest BCUT2D eigenvalue weighted by molar-refractivity contribution is 6.28. The van der Waals surface area contributed by atoms with Crippen LogP contribution in [0.4, 0.5) is 4.39 Å². The van der Waals surface area contributed by atoms with Crippen LogP contribution in [0.25, 0.3) is 0 Å². The molecule has 88 valence electrons. The molecule has 1 atom stereocenters. The molecule has 5 heteroatoms. The van der Waals surface area contributed by atoms with Crippen LogP contribution in [0, 0.1) is 0 Å². The van der Waals surface area contributed by atoms with E-state index in [9.17, 15) is 4.39 Å². The van der Waals surface area contributed by atoms with Crippen molar-refractivity contribution in [3.8, 4) is 0 Å². The third kappa shape index (κ3) is 2.68. The molecule has 0 spiro atoms. The number of hydrogen-bond acceptors (Lipinski definition) is 3. The first-order valence-electron chi connectivity index (χ1n) is 5.52. The first kappa shape index (κ1) is 11.7. The summed E-state index contributed by atoms with van der Waals surface area (Å²) in [6, 6.07) is 0.227. The Morgan fingerprint density at radius 2 is 1.94 bits per heavy atom. The van der Waals surface area contributed by atoms with E-state index in [1.807, 2.05) is 0 Å². The van der Waals surface area contributed by atoms with Gasteiger partial charge < -0.3 is 0 Å². The number of hydrogen-bond donors (Lipinski definition) is 0. The number of nitrogens with zero attached hydrogens (tertiary/aromatic N) is 3. The van der Waals surface area contributed by atoms with Crippen molar-refractivity contribution in [2.45, 2.75) is 32.0 Å². The molecule has 1 aromatic rings. The first-order chi connectivity index (χ1) is 7.66. The topological polar surface area (TPSA) is 29.0 Å². The van der Waals surface area contributed by atoms with Gasteiger partial charge in [-0.2, -0.15) is 0 Å². The van der Waals surface area contributed by atoms with Crippen molar-refractivity contribution < 1.29 is 4.39 Å². The SMILES string of the molecule is CC(c1cnc(Cl)nc1)N1CCC(F)CC1. The normalized spacial score (nSPS) is 20.9. The molecular weight excluding hydrogens is 229 g/mol. The van der Waals surface area contributed by atoms with E-state index in [0.717, 1.165) is 18.7 Å². The predicted molar refractivity (Wildman–Crippen MR) is 61.2 cm³/mol. The molecule has 0 saturated carbocycles. The van der Waals surface area contributed by atoms with Gasteiger partial charge in [0, 0.05) is 37.1 Å². The van der Waals surface area contributed by atoms with Crippen molar-refractivity contribution in [1.82, 2.24) is 14.9 Å². The monoisotopic (exact) mass is 243 g/mol. The van der Waals surface area contributed by atoms with Crippen LogP contribution in [0.3, 0.4) is 0 Å². The van der Waals surface area contributed by atoms with Crippen LogP contribution in [0.2, 0.25) is 5.28 Å².